The van der Waals surface area contributed by atoms with Gasteiger partial charge in [0.15, 0.2) is 0 Å². The Bertz CT molecular complexity index is 510. The van der Waals surface area contributed by atoms with E-state index >= 15 is 0 Å². The molecule has 21 heavy (non-hydrogen) atoms. The third-order valence-corrected chi connectivity index (χ3v) is 2.11. The summed E-state index contributed by atoms with van der Waals surface area (Å²) >= 11 is 0. The van der Waals surface area contributed by atoms with Crippen LogP contribution in [0.15, 0.2) is 42.5 Å². The molecule has 0 atom stereocenters. The van der Waals surface area contributed by atoms with Crippen LogP contribution in [-0.2, 0) is 41.4 Å². The molecular formula is C15H13NO4W. The maximum absolute atomic E-state index is 7.50. The molecule has 0 N–H and O–H groups in total. The van der Waals surface area contributed by atoms with Gasteiger partial charge < -0.3 is 6.16 Å². The Morgan fingerprint density at radius 2 is 1.71 bits per heavy atom. The molecule has 0 bridgehead atoms. The van der Waals surface area contributed by atoms with Crippen molar-refractivity contribution in [1.82, 2.24) is 4.98 Å². The summed E-state index contributed by atoms with van der Waals surface area (Å²) in [6.45, 7) is 13.5. The monoisotopic (exact) mass is 455 g/mol. The van der Waals surface area contributed by atoms with E-state index in [1.54, 1.807) is 7.11 Å². The number of aromatic nitrogens is 1. The summed E-state index contributed by atoms with van der Waals surface area (Å²) in [5.41, 5.74) is 2.32. The summed E-state index contributed by atoms with van der Waals surface area (Å²) in [4.78, 5) is 4.34. The quantitative estimate of drug-likeness (QED) is 0.527. The van der Waals surface area contributed by atoms with Crippen LogP contribution in [0.4, 0.5) is 0 Å². The first-order valence-electron chi connectivity index (χ1n) is 5.20. The number of ether oxygens (including phenoxy) is 1. The van der Waals surface area contributed by atoms with Gasteiger partial charge in [-0.25, -0.2) is 17.1 Å². The van der Waals surface area contributed by atoms with E-state index in [0.29, 0.717) is 5.88 Å². The molecule has 0 saturated heterocycles. The fourth-order valence-corrected chi connectivity index (χ4v) is 1.41. The minimum absolute atomic E-state index is 0. The van der Waals surface area contributed by atoms with Gasteiger partial charge in [-0.2, -0.15) is 17.7 Å². The second kappa shape index (κ2) is 18.2. The molecule has 0 amide bonds. The van der Waals surface area contributed by atoms with Crippen molar-refractivity contribution < 1.29 is 41.2 Å². The molecule has 2 rings (SSSR count). The molecule has 0 unspecified atom stereocenters. The molecule has 1 aromatic carbocycles. The van der Waals surface area contributed by atoms with E-state index in [1.807, 2.05) is 30.3 Å². The Kier molecular flexibility index (Phi) is 21.0. The van der Waals surface area contributed by atoms with Crippen molar-refractivity contribution in [2.24, 2.45) is 0 Å². The third kappa shape index (κ3) is 10.6. The topological polar surface area (TPSA) is 81.8 Å². The van der Waals surface area contributed by atoms with Crippen molar-refractivity contribution in [1.29, 1.82) is 0 Å². The zero-order chi connectivity index (χ0) is 15.8. The van der Waals surface area contributed by atoms with Crippen LogP contribution in [0.25, 0.3) is 0 Å². The van der Waals surface area contributed by atoms with Gasteiger partial charge in [0.1, 0.15) is 0 Å². The molecule has 0 radical (unpaired) electrons. The van der Waals surface area contributed by atoms with Crippen molar-refractivity contribution in [2.75, 3.05) is 7.11 Å². The standard InChI is InChI=1S/C12H12NO.3CO.W.H/c1-14-12-8-4-7-11(13-12)9-10-5-2-3-6-10;3*1-2;;/h2-8H,9H2,1H3;;;;;/q-1;;;;+2;-1. The van der Waals surface area contributed by atoms with Gasteiger partial charge in [-0.1, -0.05) is 6.07 Å². The van der Waals surface area contributed by atoms with E-state index in [9.17, 15) is 0 Å². The normalized spacial score (nSPS) is 7.00. The van der Waals surface area contributed by atoms with Gasteiger partial charge in [0.05, 0.1) is 7.11 Å². The fourth-order valence-electron chi connectivity index (χ4n) is 1.41. The smallest absolute Gasteiger partial charge is 1.00 e. The van der Waals surface area contributed by atoms with Crippen molar-refractivity contribution >= 4 is 0 Å². The summed E-state index contributed by atoms with van der Waals surface area (Å²) < 4.78 is 27.6. The van der Waals surface area contributed by atoms with Crippen LogP contribution in [0, 0.1) is 20.0 Å². The van der Waals surface area contributed by atoms with Crippen molar-refractivity contribution in [3.05, 3.63) is 73.7 Å². The Morgan fingerprint density at radius 1 is 1.10 bits per heavy atom. The molecule has 0 aliphatic heterocycles. The van der Waals surface area contributed by atoms with E-state index in [-0.39, 0.29) is 22.5 Å². The van der Waals surface area contributed by atoms with E-state index in [2.05, 4.69) is 37.1 Å². The molecule has 0 aliphatic carbocycles. The molecule has 1 aromatic heterocycles. The van der Waals surface area contributed by atoms with Crippen LogP contribution < -0.4 is 4.74 Å². The zero-order valence-electron chi connectivity index (χ0n) is 12.2. The molecule has 1 heterocycles. The molecule has 6 heteroatoms. The van der Waals surface area contributed by atoms with Crippen LogP contribution in [0.5, 0.6) is 5.88 Å². The molecule has 5 nitrogen and oxygen atoms in total. The van der Waals surface area contributed by atoms with Crippen LogP contribution >= 0.6 is 0 Å². The van der Waals surface area contributed by atoms with Gasteiger partial charge in [-0.3, -0.25) is 0 Å². The molecule has 108 valence electrons. The number of hydrogen-bond donors (Lipinski definition) is 0. The molecule has 0 aliphatic rings. The Morgan fingerprint density at radius 3 is 2.19 bits per heavy atom. The Hall–Kier alpha value is -1.79. The van der Waals surface area contributed by atoms with E-state index in [1.165, 1.54) is 5.56 Å². The average molecular weight is 455 g/mol. The maximum Gasteiger partial charge on any atom is 2.00 e. The van der Waals surface area contributed by atoms with Crippen LogP contribution in [0.3, 0.4) is 0 Å². The SMILES string of the molecule is COc1cccc(Cc2ccc[cH-]2)n1.[C-]#[O+].[C-]#[O+].[C-]#[O+].[H-].[W+2]. The predicted molar refractivity (Wildman–Crippen MR) is 68.5 cm³/mol. The summed E-state index contributed by atoms with van der Waals surface area (Å²) in [5, 5.41) is 0. The largest absolute Gasteiger partial charge is 2.00 e. The van der Waals surface area contributed by atoms with E-state index in [4.69, 9.17) is 18.7 Å². The van der Waals surface area contributed by atoms with Gasteiger partial charge in [0.25, 0.3) is 0 Å². The molecular weight excluding hydrogens is 442 g/mol. The van der Waals surface area contributed by atoms with Crippen molar-refractivity contribution in [3.8, 4) is 5.88 Å². The van der Waals surface area contributed by atoms with Crippen molar-refractivity contribution in [2.45, 2.75) is 6.42 Å². The molecule has 0 saturated carbocycles. The van der Waals surface area contributed by atoms with Gasteiger partial charge >= 0.3 is 55.0 Å². The van der Waals surface area contributed by atoms with Crippen LogP contribution in [0.2, 0.25) is 0 Å². The summed E-state index contributed by atoms with van der Waals surface area (Å²) in [7, 11) is 1.63. The Balaban J connectivity index is -0.000000182. The van der Waals surface area contributed by atoms with E-state index in [0.717, 1.165) is 12.1 Å². The average Bonchev–Trinajstić information content (AvgIpc) is 3.06. The van der Waals surface area contributed by atoms with Crippen LogP contribution in [-0.4, -0.2) is 12.1 Å². The number of nitrogens with zero attached hydrogens (tertiary/aromatic N) is 1. The first kappa shape index (κ1) is 24.2. The van der Waals surface area contributed by atoms with Gasteiger partial charge in [-0.15, -0.1) is 0 Å². The molecule has 0 fully saturated rings. The number of pyridine rings is 1. The number of hydrogen-bond acceptors (Lipinski definition) is 2. The fraction of sp³-hybridized carbons (Fsp3) is 0.133. The first-order chi connectivity index (χ1) is 9.88. The predicted octanol–water partition coefficient (Wildman–Crippen LogP) is 2.40. The Labute approximate surface area is 139 Å². The maximum atomic E-state index is 7.50. The summed E-state index contributed by atoms with van der Waals surface area (Å²) in [6.07, 6.45) is 0.865. The second-order valence-corrected chi connectivity index (χ2v) is 3.14. The van der Waals surface area contributed by atoms with Crippen LogP contribution in [0.1, 0.15) is 12.7 Å². The molecule has 0 spiro atoms. The molecule has 2 aromatic rings. The van der Waals surface area contributed by atoms with E-state index < -0.39 is 0 Å². The van der Waals surface area contributed by atoms with Gasteiger partial charge in [0, 0.05) is 11.8 Å². The van der Waals surface area contributed by atoms with Gasteiger partial charge in [0.2, 0.25) is 5.88 Å². The summed E-state index contributed by atoms with van der Waals surface area (Å²) in [5.74, 6) is 0.675. The second-order valence-electron chi connectivity index (χ2n) is 3.14. The van der Waals surface area contributed by atoms with Crippen molar-refractivity contribution in [3.63, 3.8) is 0 Å². The first-order valence-corrected chi connectivity index (χ1v) is 5.20. The number of rotatable bonds is 3. The minimum Gasteiger partial charge on any atom is -1.00 e. The summed E-state index contributed by atoms with van der Waals surface area (Å²) in [6, 6.07) is 14.1. The van der Waals surface area contributed by atoms with Gasteiger partial charge in [-0.05, 0) is 12.5 Å². The third-order valence-electron chi connectivity index (χ3n) is 2.11. The zero-order valence-corrected chi connectivity index (χ0v) is 14.2. The minimum atomic E-state index is 0. The number of methoxy groups -OCH3 is 1.